The Labute approximate surface area is 148 Å². The number of carbonyl (C=O) groups excluding carboxylic acids is 2. The normalized spacial score (nSPS) is 10.4. The summed E-state index contributed by atoms with van der Waals surface area (Å²) < 4.78 is 1.02. The molecule has 0 radical (unpaired) electrons. The van der Waals surface area contributed by atoms with Crippen LogP contribution >= 0.6 is 11.3 Å². The lowest BCUT2D eigenvalue weighted by Crippen LogP contribution is -2.30. The third kappa shape index (κ3) is 4.28. The number of benzene rings is 2. The van der Waals surface area contributed by atoms with Gasteiger partial charge in [0.15, 0.2) is 5.78 Å². The van der Waals surface area contributed by atoms with Gasteiger partial charge < -0.3 is 5.32 Å². The molecule has 1 aromatic heterocycles. The first-order valence-electron chi connectivity index (χ1n) is 7.76. The Morgan fingerprint density at radius 3 is 2.68 bits per heavy atom. The third-order valence-corrected chi connectivity index (χ3v) is 4.63. The lowest BCUT2D eigenvalue weighted by Gasteiger charge is -2.00. The highest BCUT2D eigenvalue weighted by Crippen LogP contribution is 2.28. The Balaban J connectivity index is 1.70. The molecule has 6 heteroatoms. The monoisotopic (exact) mass is 349 g/mol. The Kier molecular flexibility index (Phi) is 5.17. The average Bonchev–Trinajstić information content (AvgIpc) is 3.02. The molecule has 0 unspecified atom stereocenters. The van der Waals surface area contributed by atoms with E-state index in [0.717, 1.165) is 21.3 Å². The van der Waals surface area contributed by atoms with Crippen molar-refractivity contribution in [1.29, 1.82) is 5.26 Å². The minimum absolute atomic E-state index is 0.116. The zero-order chi connectivity index (χ0) is 17.6. The van der Waals surface area contributed by atoms with E-state index < -0.39 is 0 Å². The van der Waals surface area contributed by atoms with E-state index in [0.29, 0.717) is 5.01 Å². The standard InChI is InChI=1S/C19H15N3O2S/c20-9-8-15(23)12-21-18(24)11-19-22-16-7-6-14(10-17(16)25-19)13-4-2-1-3-5-13/h1-7,10H,8,11-12H2,(H,21,24). The minimum Gasteiger partial charge on any atom is -0.349 e. The maximum Gasteiger partial charge on any atom is 0.227 e. The van der Waals surface area contributed by atoms with Crippen molar-refractivity contribution in [3.63, 3.8) is 0 Å². The Bertz CT molecular complexity index is 958. The molecule has 0 atom stereocenters. The number of thiazole rings is 1. The summed E-state index contributed by atoms with van der Waals surface area (Å²) in [6, 6.07) is 17.9. The molecule has 5 nitrogen and oxygen atoms in total. The molecule has 0 fully saturated rings. The summed E-state index contributed by atoms with van der Waals surface area (Å²) in [6.45, 7) is -0.116. The fraction of sp³-hybridized carbons (Fsp3) is 0.158. The number of amides is 1. The van der Waals surface area contributed by atoms with Crippen molar-refractivity contribution >= 4 is 33.2 Å². The van der Waals surface area contributed by atoms with E-state index in [9.17, 15) is 9.59 Å². The van der Waals surface area contributed by atoms with Crippen LogP contribution < -0.4 is 5.32 Å². The Morgan fingerprint density at radius 1 is 1.12 bits per heavy atom. The van der Waals surface area contributed by atoms with Gasteiger partial charge in [-0.2, -0.15) is 5.26 Å². The van der Waals surface area contributed by atoms with Crippen molar-refractivity contribution in [2.75, 3.05) is 6.54 Å². The Morgan fingerprint density at radius 2 is 1.92 bits per heavy atom. The number of aromatic nitrogens is 1. The van der Waals surface area contributed by atoms with Gasteiger partial charge in [-0.25, -0.2) is 4.98 Å². The second-order valence-corrected chi connectivity index (χ2v) is 6.60. The first-order chi connectivity index (χ1) is 12.2. The predicted molar refractivity (Wildman–Crippen MR) is 97.0 cm³/mol. The molecular formula is C19H15N3O2S. The molecular weight excluding hydrogens is 334 g/mol. The number of nitrogens with one attached hydrogen (secondary N) is 1. The van der Waals surface area contributed by atoms with Crippen molar-refractivity contribution in [1.82, 2.24) is 10.3 Å². The molecule has 3 rings (SSSR count). The van der Waals surface area contributed by atoms with Crippen molar-refractivity contribution in [3.05, 3.63) is 53.5 Å². The molecule has 0 spiro atoms. The van der Waals surface area contributed by atoms with Crippen LogP contribution in [0, 0.1) is 11.3 Å². The van der Waals surface area contributed by atoms with Gasteiger partial charge in [-0.05, 0) is 23.3 Å². The summed E-state index contributed by atoms with van der Waals surface area (Å²) in [7, 11) is 0. The van der Waals surface area contributed by atoms with Crippen LogP contribution in [0.5, 0.6) is 0 Å². The Hall–Kier alpha value is -3.04. The summed E-state index contributed by atoms with van der Waals surface area (Å²) in [6.07, 6.45) is -0.0659. The van der Waals surface area contributed by atoms with Gasteiger partial charge in [-0.1, -0.05) is 36.4 Å². The highest BCUT2D eigenvalue weighted by molar-refractivity contribution is 7.18. The predicted octanol–water partition coefficient (Wildman–Crippen LogP) is 3.10. The number of rotatable bonds is 6. The van der Waals surface area contributed by atoms with Crippen LogP contribution in [-0.4, -0.2) is 23.2 Å². The summed E-state index contributed by atoms with van der Waals surface area (Å²) in [4.78, 5) is 27.6. The zero-order valence-corrected chi connectivity index (χ0v) is 14.2. The van der Waals surface area contributed by atoms with Gasteiger partial charge >= 0.3 is 0 Å². The molecule has 1 heterocycles. The quantitative estimate of drug-likeness (QED) is 0.741. The first-order valence-corrected chi connectivity index (χ1v) is 8.57. The summed E-state index contributed by atoms with van der Waals surface area (Å²) >= 11 is 1.47. The summed E-state index contributed by atoms with van der Waals surface area (Å²) in [5.41, 5.74) is 3.09. The molecule has 3 aromatic rings. The smallest absolute Gasteiger partial charge is 0.227 e. The summed E-state index contributed by atoms with van der Waals surface area (Å²) in [5.74, 6) is -0.568. The van der Waals surface area contributed by atoms with Crippen molar-refractivity contribution < 1.29 is 9.59 Å². The van der Waals surface area contributed by atoms with E-state index in [1.54, 1.807) is 6.07 Å². The van der Waals surface area contributed by atoms with E-state index in [2.05, 4.69) is 28.5 Å². The molecule has 0 aliphatic rings. The maximum atomic E-state index is 11.9. The molecule has 2 aromatic carbocycles. The molecule has 1 N–H and O–H groups in total. The fourth-order valence-electron chi connectivity index (χ4n) is 2.41. The largest absolute Gasteiger partial charge is 0.349 e. The molecule has 0 aliphatic carbocycles. The van der Waals surface area contributed by atoms with Gasteiger partial charge in [-0.3, -0.25) is 9.59 Å². The van der Waals surface area contributed by atoms with E-state index >= 15 is 0 Å². The number of nitriles is 1. The SMILES string of the molecule is N#CCC(=O)CNC(=O)Cc1nc2ccc(-c3ccccc3)cc2s1. The molecule has 0 saturated heterocycles. The maximum absolute atomic E-state index is 11.9. The molecule has 0 saturated carbocycles. The zero-order valence-electron chi connectivity index (χ0n) is 13.4. The van der Waals surface area contributed by atoms with E-state index in [1.165, 1.54) is 11.3 Å². The topological polar surface area (TPSA) is 82.9 Å². The van der Waals surface area contributed by atoms with Crippen LogP contribution in [0.15, 0.2) is 48.5 Å². The average molecular weight is 349 g/mol. The second kappa shape index (κ2) is 7.69. The van der Waals surface area contributed by atoms with E-state index in [-0.39, 0.29) is 31.1 Å². The van der Waals surface area contributed by atoms with Crippen LogP contribution in [0.3, 0.4) is 0 Å². The number of fused-ring (bicyclic) bond motifs is 1. The third-order valence-electron chi connectivity index (χ3n) is 3.61. The number of nitrogens with zero attached hydrogens (tertiary/aromatic N) is 2. The molecule has 25 heavy (non-hydrogen) atoms. The fourth-order valence-corrected chi connectivity index (χ4v) is 3.41. The van der Waals surface area contributed by atoms with Crippen molar-refractivity contribution in [2.45, 2.75) is 12.8 Å². The van der Waals surface area contributed by atoms with Crippen LogP contribution in [0.25, 0.3) is 21.3 Å². The van der Waals surface area contributed by atoms with Gasteiger partial charge in [0.05, 0.1) is 35.7 Å². The van der Waals surface area contributed by atoms with Crippen LogP contribution in [0.4, 0.5) is 0 Å². The van der Waals surface area contributed by atoms with Gasteiger partial charge in [0, 0.05) is 0 Å². The summed E-state index contributed by atoms with van der Waals surface area (Å²) in [5, 5.41) is 11.7. The van der Waals surface area contributed by atoms with Crippen LogP contribution in [0.2, 0.25) is 0 Å². The molecule has 0 bridgehead atoms. The van der Waals surface area contributed by atoms with Gasteiger partial charge in [-0.15, -0.1) is 11.3 Å². The van der Waals surface area contributed by atoms with Crippen LogP contribution in [0.1, 0.15) is 11.4 Å². The number of hydrogen-bond acceptors (Lipinski definition) is 5. The molecule has 0 aliphatic heterocycles. The second-order valence-electron chi connectivity index (χ2n) is 5.48. The number of carbonyl (C=O) groups is 2. The van der Waals surface area contributed by atoms with Gasteiger partial charge in [0.2, 0.25) is 5.91 Å². The number of Topliss-reactive ketones (excluding diaryl/α,β-unsaturated/α-hetero) is 1. The van der Waals surface area contributed by atoms with E-state index in [4.69, 9.17) is 5.26 Å². The van der Waals surface area contributed by atoms with Crippen LogP contribution in [-0.2, 0) is 16.0 Å². The van der Waals surface area contributed by atoms with E-state index in [1.807, 2.05) is 30.3 Å². The highest BCUT2D eigenvalue weighted by atomic mass is 32.1. The minimum atomic E-state index is -0.298. The number of hydrogen-bond donors (Lipinski definition) is 1. The highest BCUT2D eigenvalue weighted by Gasteiger charge is 2.11. The van der Waals surface area contributed by atoms with Gasteiger partial charge in [0.25, 0.3) is 0 Å². The molecule has 1 amide bonds. The van der Waals surface area contributed by atoms with Crippen molar-refractivity contribution in [3.8, 4) is 17.2 Å². The van der Waals surface area contributed by atoms with Gasteiger partial charge in [0.1, 0.15) is 5.01 Å². The molecule has 124 valence electrons. The number of ketones is 1. The van der Waals surface area contributed by atoms with Crippen molar-refractivity contribution in [2.24, 2.45) is 0 Å². The lowest BCUT2D eigenvalue weighted by atomic mass is 10.1. The first kappa shape index (κ1) is 16.8. The lowest BCUT2D eigenvalue weighted by molar-refractivity contribution is -0.124.